The van der Waals surface area contributed by atoms with E-state index in [-0.39, 0.29) is 24.0 Å². The number of hydrogen-bond acceptors (Lipinski definition) is 5. The molecule has 3 aromatic rings. The summed E-state index contributed by atoms with van der Waals surface area (Å²) in [5.74, 6) is 0.657. The third-order valence-electron chi connectivity index (χ3n) is 4.77. The molecule has 0 fully saturated rings. The van der Waals surface area contributed by atoms with Crippen LogP contribution in [-0.2, 0) is 22.6 Å². The second-order valence-corrected chi connectivity index (χ2v) is 8.97. The smallest absolute Gasteiger partial charge is 0.234 e. The Hall–Kier alpha value is -3.10. The molecular formula is C24H26ClN5O2S. The van der Waals surface area contributed by atoms with Gasteiger partial charge in [-0.1, -0.05) is 67.6 Å². The van der Waals surface area contributed by atoms with Crippen LogP contribution >= 0.6 is 23.4 Å². The van der Waals surface area contributed by atoms with Gasteiger partial charge in [-0.3, -0.25) is 9.59 Å². The minimum absolute atomic E-state index is 0.0149. The highest BCUT2D eigenvalue weighted by Crippen LogP contribution is 2.22. The first-order valence-electron chi connectivity index (χ1n) is 10.5. The lowest BCUT2D eigenvalue weighted by Gasteiger charge is -2.10. The van der Waals surface area contributed by atoms with Crippen molar-refractivity contribution >= 4 is 46.6 Å². The zero-order chi connectivity index (χ0) is 23.8. The highest BCUT2D eigenvalue weighted by Gasteiger charge is 2.17. The number of halogens is 1. The van der Waals surface area contributed by atoms with E-state index < -0.39 is 0 Å². The highest BCUT2D eigenvalue weighted by molar-refractivity contribution is 7.99. The molecule has 2 aromatic carbocycles. The number of carbonyl (C=O) groups is 2. The minimum atomic E-state index is -0.264. The van der Waals surface area contributed by atoms with Crippen LogP contribution in [0.2, 0.25) is 5.02 Å². The van der Waals surface area contributed by atoms with E-state index in [0.29, 0.717) is 34.2 Å². The number of benzene rings is 2. The molecule has 2 amide bonds. The maximum Gasteiger partial charge on any atom is 0.234 e. The first-order chi connectivity index (χ1) is 15.9. The number of anilines is 2. The molecule has 172 valence electrons. The van der Waals surface area contributed by atoms with Crippen molar-refractivity contribution in [3.63, 3.8) is 0 Å². The van der Waals surface area contributed by atoms with Crippen LogP contribution in [0.4, 0.5) is 11.4 Å². The van der Waals surface area contributed by atoms with Crippen molar-refractivity contribution in [1.82, 2.24) is 14.8 Å². The number of hydrogen-bond donors (Lipinski definition) is 2. The van der Waals surface area contributed by atoms with Gasteiger partial charge in [0.05, 0.1) is 22.9 Å². The SMILES string of the molecule is C=CCn1c(CC(=O)Nc2ccccc2Cl)nnc1SCC(=O)Nc1ccc(C(C)C)cc1. The number of allylic oxidation sites excluding steroid dienone is 1. The van der Waals surface area contributed by atoms with E-state index in [4.69, 9.17) is 11.6 Å². The molecule has 1 heterocycles. The van der Waals surface area contributed by atoms with Gasteiger partial charge in [0, 0.05) is 12.2 Å². The predicted octanol–water partition coefficient (Wildman–Crippen LogP) is 5.15. The fraction of sp³-hybridized carbons (Fsp3) is 0.250. The normalized spacial score (nSPS) is 10.8. The van der Waals surface area contributed by atoms with E-state index >= 15 is 0 Å². The molecule has 1 aromatic heterocycles. The number of carbonyl (C=O) groups excluding carboxylic acids is 2. The third kappa shape index (κ3) is 6.94. The Morgan fingerprint density at radius 1 is 1.09 bits per heavy atom. The van der Waals surface area contributed by atoms with Gasteiger partial charge in [-0.05, 0) is 35.7 Å². The molecule has 0 radical (unpaired) electrons. The number of para-hydroxylation sites is 1. The summed E-state index contributed by atoms with van der Waals surface area (Å²) in [6, 6.07) is 14.8. The Morgan fingerprint density at radius 2 is 1.82 bits per heavy atom. The summed E-state index contributed by atoms with van der Waals surface area (Å²) in [6.45, 7) is 8.43. The molecule has 2 N–H and O–H groups in total. The number of aromatic nitrogens is 3. The molecule has 33 heavy (non-hydrogen) atoms. The van der Waals surface area contributed by atoms with E-state index in [1.54, 1.807) is 34.9 Å². The molecule has 7 nitrogen and oxygen atoms in total. The van der Waals surface area contributed by atoms with Crippen LogP contribution in [0, 0.1) is 0 Å². The summed E-state index contributed by atoms with van der Waals surface area (Å²) in [5.41, 5.74) is 2.49. The summed E-state index contributed by atoms with van der Waals surface area (Å²) in [6.07, 6.45) is 1.71. The maximum atomic E-state index is 12.5. The number of thioether (sulfide) groups is 1. The Kier molecular flexibility index (Phi) is 8.68. The van der Waals surface area contributed by atoms with Gasteiger partial charge < -0.3 is 15.2 Å². The van der Waals surface area contributed by atoms with Crippen LogP contribution in [0.15, 0.2) is 66.3 Å². The Balaban J connectivity index is 1.60. The quantitative estimate of drug-likeness (QED) is 0.307. The van der Waals surface area contributed by atoms with Gasteiger partial charge in [0.25, 0.3) is 0 Å². The second kappa shape index (κ2) is 11.7. The molecule has 0 atom stereocenters. The Morgan fingerprint density at radius 3 is 2.48 bits per heavy atom. The molecule has 0 unspecified atom stereocenters. The van der Waals surface area contributed by atoms with Crippen LogP contribution < -0.4 is 10.6 Å². The van der Waals surface area contributed by atoms with Crippen LogP contribution in [0.5, 0.6) is 0 Å². The number of rotatable bonds is 10. The molecule has 9 heteroatoms. The average Bonchev–Trinajstić information content (AvgIpc) is 3.15. The Bertz CT molecular complexity index is 1130. The van der Waals surface area contributed by atoms with Crippen LogP contribution in [0.3, 0.4) is 0 Å². The van der Waals surface area contributed by atoms with Gasteiger partial charge in [-0.15, -0.1) is 16.8 Å². The van der Waals surface area contributed by atoms with Crippen molar-refractivity contribution < 1.29 is 9.59 Å². The topological polar surface area (TPSA) is 88.9 Å². The summed E-state index contributed by atoms with van der Waals surface area (Å²) in [5, 5.41) is 15.0. The van der Waals surface area contributed by atoms with Gasteiger partial charge in [0.15, 0.2) is 5.16 Å². The molecule has 0 aliphatic heterocycles. The van der Waals surface area contributed by atoms with E-state index in [1.165, 1.54) is 17.3 Å². The van der Waals surface area contributed by atoms with E-state index in [0.717, 1.165) is 5.69 Å². The first kappa shape index (κ1) is 24.5. The standard InChI is InChI=1S/C24H26ClN5O2S/c1-4-13-30-21(14-22(31)27-20-8-6-5-7-19(20)25)28-29-24(30)33-15-23(32)26-18-11-9-17(10-12-18)16(2)3/h4-12,16H,1,13-15H2,2-3H3,(H,26,32)(H,27,31). The summed E-state index contributed by atoms with van der Waals surface area (Å²) < 4.78 is 1.77. The van der Waals surface area contributed by atoms with Crippen molar-refractivity contribution in [1.29, 1.82) is 0 Å². The van der Waals surface area contributed by atoms with Crippen molar-refractivity contribution in [2.24, 2.45) is 0 Å². The van der Waals surface area contributed by atoms with Gasteiger partial charge in [-0.25, -0.2) is 0 Å². The summed E-state index contributed by atoms with van der Waals surface area (Å²) in [7, 11) is 0. The fourth-order valence-corrected chi connectivity index (χ4v) is 4.00. The molecule has 0 spiro atoms. The average molecular weight is 484 g/mol. The zero-order valence-corrected chi connectivity index (χ0v) is 20.1. The lowest BCUT2D eigenvalue weighted by Crippen LogP contribution is -2.18. The largest absolute Gasteiger partial charge is 0.325 e. The molecule has 0 aliphatic carbocycles. The fourth-order valence-electron chi connectivity index (χ4n) is 3.05. The highest BCUT2D eigenvalue weighted by atomic mass is 35.5. The number of amides is 2. The molecular weight excluding hydrogens is 458 g/mol. The third-order valence-corrected chi connectivity index (χ3v) is 6.06. The molecule has 0 saturated heterocycles. The van der Waals surface area contributed by atoms with Crippen molar-refractivity contribution in [2.75, 3.05) is 16.4 Å². The molecule has 0 saturated carbocycles. The van der Waals surface area contributed by atoms with Gasteiger partial charge >= 0.3 is 0 Å². The number of nitrogens with zero attached hydrogens (tertiary/aromatic N) is 3. The van der Waals surface area contributed by atoms with Crippen molar-refractivity contribution in [3.05, 3.63) is 77.6 Å². The lowest BCUT2D eigenvalue weighted by molar-refractivity contribution is -0.116. The monoisotopic (exact) mass is 483 g/mol. The van der Waals surface area contributed by atoms with Crippen LogP contribution in [0.25, 0.3) is 0 Å². The number of nitrogens with one attached hydrogen (secondary N) is 2. The van der Waals surface area contributed by atoms with Crippen molar-refractivity contribution in [2.45, 2.75) is 37.9 Å². The predicted molar refractivity (Wildman–Crippen MR) is 134 cm³/mol. The van der Waals surface area contributed by atoms with E-state index in [1.807, 2.05) is 24.3 Å². The van der Waals surface area contributed by atoms with Crippen molar-refractivity contribution in [3.8, 4) is 0 Å². The lowest BCUT2D eigenvalue weighted by atomic mass is 10.0. The van der Waals surface area contributed by atoms with Gasteiger partial charge in [-0.2, -0.15) is 0 Å². The second-order valence-electron chi connectivity index (χ2n) is 7.62. The summed E-state index contributed by atoms with van der Waals surface area (Å²) >= 11 is 7.36. The maximum absolute atomic E-state index is 12.5. The van der Waals surface area contributed by atoms with E-state index in [9.17, 15) is 9.59 Å². The van der Waals surface area contributed by atoms with Gasteiger partial charge in [0.2, 0.25) is 11.8 Å². The molecule has 0 aliphatic rings. The van der Waals surface area contributed by atoms with Crippen LogP contribution in [-0.4, -0.2) is 32.3 Å². The molecule has 0 bridgehead atoms. The Labute approximate surface area is 202 Å². The zero-order valence-electron chi connectivity index (χ0n) is 18.5. The summed E-state index contributed by atoms with van der Waals surface area (Å²) in [4.78, 5) is 24.9. The first-order valence-corrected chi connectivity index (χ1v) is 11.8. The van der Waals surface area contributed by atoms with Crippen LogP contribution in [0.1, 0.15) is 31.2 Å². The molecule has 3 rings (SSSR count). The van der Waals surface area contributed by atoms with E-state index in [2.05, 4.69) is 41.3 Å². The van der Waals surface area contributed by atoms with Gasteiger partial charge in [0.1, 0.15) is 5.82 Å². The minimum Gasteiger partial charge on any atom is -0.325 e.